The fourth-order valence-corrected chi connectivity index (χ4v) is 2.10. The van der Waals surface area contributed by atoms with E-state index < -0.39 is 0 Å². The Bertz CT molecular complexity index is 853. The van der Waals surface area contributed by atoms with Gasteiger partial charge in [0, 0.05) is 6.07 Å². The highest BCUT2D eigenvalue weighted by Crippen LogP contribution is 2.16. The molecule has 0 spiro atoms. The zero-order valence-corrected chi connectivity index (χ0v) is 10.2. The smallest absolute Gasteiger partial charge is 0.257 e. The van der Waals surface area contributed by atoms with E-state index in [-0.39, 0.29) is 5.56 Å². The molecule has 92 valence electrons. The number of hydrogen-bond donors (Lipinski definition) is 0. The predicted molar refractivity (Wildman–Crippen MR) is 70.2 cm³/mol. The Hall–Kier alpha value is -2.87. The maximum absolute atomic E-state index is 11.9. The Morgan fingerprint density at radius 1 is 1.26 bits per heavy atom. The number of hydrogen-bond acceptors (Lipinski definition) is 3. The summed E-state index contributed by atoms with van der Waals surface area (Å²) in [5.41, 5.74) is 2.24. The monoisotopic (exact) mass is 250 g/mol. The molecule has 0 radical (unpaired) electrons. The highest BCUT2D eigenvalue weighted by atomic mass is 16.1. The van der Waals surface area contributed by atoms with E-state index in [0.717, 1.165) is 5.69 Å². The second-order valence-corrected chi connectivity index (χ2v) is 4.22. The summed E-state index contributed by atoms with van der Waals surface area (Å²) in [4.78, 5) is 11.9. The molecule has 3 rings (SSSR count). The van der Waals surface area contributed by atoms with Crippen LogP contribution in [0.15, 0.2) is 47.5 Å². The fourth-order valence-electron chi connectivity index (χ4n) is 2.10. The SMILES string of the molecule is Cc1cc(=O)n2cnn(-c3ccccc3)c2c1C#N. The van der Waals surface area contributed by atoms with Crippen LogP contribution >= 0.6 is 0 Å². The molecule has 0 unspecified atom stereocenters. The summed E-state index contributed by atoms with van der Waals surface area (Å²) in [7, 11) is 0. The van der Waals surface area contributed by atoms with Crippen LogP contribution in [0.4, 0.5) is 0 Å². The summed E-state index contributed by atoms with van der Waals surface area (Å²) in [6.45, 7) is 1.75. The van der Waals surface area contributed by atoms with Crippen molar-refractivity contribution in [2.24, 2.45) is 0 Å². The minimum atomic E-state index is -0.186. The van der Waals surface area contributed by atoms with E-state index in [9.17, 15) is 10.1 Å². The van der Waals surface area contributed by atoms with Crippen LogP contribution in [0.25, 0.3) is 11.3 Å². The summed E-state index contributed by atoms with van der Waals surface area (Å²) in [6.07, 6.45) is 1.44. The number of aryl methyl sites for hydroxylation is 1. The van der Waals surface area contributed by atoms with Crippen LogP contribution in [0.1, 0.15) is 11.1 Å². The maximum atomic E-state index is 11.9. The Morgan fingerprint density at radius 3 is 2.68 bits per heavy atom. The van der Waals surface area contributed by atoms with Crippen molar-refractivity contribution in [1.29, 1.82) is 5.26 Å². The molecule has 0 N–H and O–H groups in total. The first-order chi connectivity index (χ1) is 9.22. The Labute approximate surface area is 109 Å². The van der Waals surface area contributed by atoms with Crippen LogP contribution in [-0.4, -0.2) is 14.2 Å². The first-order valence-corrected chi connectivity index (χ1v) is 5.78. The van der Waals surface area contributed by atoms with Gasteiger partial charge >= 0.3 is 0 Å². The van der Waals surface area contributed by atoms with Gasteiger partial charge in [-0.25, -0.2) is 9.08 Å². The molecule has 5 nitrogen and oxygen atoms in total. The number of pyridine rings is 1. The van der Waals surface area contributed by atoms with Gasteiger partial charge in [-0.3, -0.25) is 4.79 Å². The molecule has 0 aliphatic rings. The first kappa shape index (κ1) is 11.2. The largest absolute Gasteiger partial charge is 0.269 e. The molecule has 5 heteroatoms. The van der Waals surface area contributed by atoms with Gasteiger partial charge in [-0.15, -0.1) is 0 Å². The minimum Gasteiger partial charge on any atom is -0.269 e. The molecule has 0 aliphatic heterocycles. The van der Waals surface area contributed by atoms with E-state index in [2.05, 4.69) is 11.2 Å². The molecule has 1 aromatic carbocycles. The molecule has 0 saturated heterocycles. The number of nitrogens with zero attached hydrogens (tertiary/aromatic N) is 4. The number of nitriles is 1. The number of aromatic nitrogens is 3. The van der Waals surface area contributed by atoms with Gasteiger partial charge in [0.1, 0.15) is 12.4 Å². The van der Waals surface area contributed by atoms with Crippen molar-refractivity contribution in [3.05, 3.63) is 64.2 Å². The lowest BCUT2D eigenvalue weighted by molar-refractivity contribution is 0.909. The van der Waals surface area contributed by atoms with E-state index in [1.54, 1.807) is 11.6 Å². The Balaban J connectivity index is 2.47. The topological polar surface area (TPSA) is 63.1 Å². The normalized spacial score (nSPS) is 10.5. The van der Waals surface area contributed by atoms with Crippen molar-refractivity contribution in [3.63, 3.8) is 0 Å². The molecule has 0 aliphatic carbocycles. The van der Waals surface area contributed by atoms with Gasteiger partial charge in [0.05, 0.1) is 11.3 Å². The quantitative estimate of drug-likeness (QED) is 0.660. The van der Waals surface area contributed by atoms with Gasteiger partial charge in [-0.2, -0.15) is 10.4 Å². The van der Waals surface area contributed by atoms with Crippen LogP contribution in [0.5, 0.6) is 0 Å². The number of benzene rings is 1. The molecular weight excluding hydrogens is 240 g/mol. The predicted octanol–water partition coefficient (Wildman–Crippen LogP) is 1.67. The lowest BCUT2D eigenvalue weighted by Crippen LogP contribution is -2.14. The van der Waals surface area contributed by atoms with Crippen molar-refractivity contribution < 1.29 is 0 Å². The zero-order chi connectivity index (χ0) is 13.4. The molecule has 19 heavy (non-hydrogen) atoms. The van der Waals surface area contributed by atoms with Crippen LogP contribution in [0.2, 0.25) is 0 Å². The molecule has 0 amide bonds. The van der Waals surface area contributed by atoms with E-state index in [0.29, 0.717) is 16.8 Å². The highest BCUT2D eigenvalue weighted by Gasteiger charge is 2.13. The highest BCUT2D eigenvalue weighted by molar-refractivity contribution is 5.61. The van der Waals surface area contributed by atoms with Crippen LogP contribution in [-0.2, 0) is 0 Å². The first-order valence-electron chi connectivity index (χ1n) is 5.78. The second-order valence-electron chi connectivity index (χ2n) is 4.22. The third kappa shape index (κ3) is 1.62. The molecule has 0 fully saturated rings. The molecule has 0 bridgehead atoms. The lowest BCUT2D eigenvalue weighted by atomic mass is 10.1. The van der Waals surface area contributed by atoms with Gasteiger partial charge in [0.25, 0.3) is 5.56 Å². The molecule has 3 aromatic rings. The summed E-state index contributed by atoms with van der Waals surface area (Å²) in [5.74, 6) is 0. The van der Waals surface area contributed by atoms with E-state index in [1.165, 1.54) is 16.8 Å². The van der Waals surface area contributed by atoms with Gasteiger partial charge in [-0.1, -0.05) is 18.2 Å². The second kappa shape index (κ2) is 4.10. The van der Waals surface area contributed by atoms with E-state index >= 15 is 0 Å². The Morgan fingerprint density at radius 2 is 2.00 bits per heavy atom. The maximum Gasteiger partial charge on any atom is 0.257 e. The summed E-state index contributed by atoms with van der Waals surface area (Å²) >= 11 is 0. The zero-order valence-electron chi connectivity index (χ0n) is 10.2. The molecule has 2 heterocycles. The molecule has 0 saturated carbocycles. The number of fused-ring (bicyclic) bond motifs is 1. The van der Waals surface area contributed by atoms with E-state index in [1.807, 2.05) is 30.3 Å². The molecule has 0 atom stereocenters. The summed E-state index contributed by atoms with van der Waals surface area (Å²) < 4.78 is 2.99. The average molecular weight is 250 g/mol. The lowest BCUT2D eigenvalue weighted by Gasteiger charge is -2.05. The van der Waals surface area contributed by atoms with Gasteiger partial charge in [0.2, 0.25) is 0 Å². The molecule has 2 aromatic heterocycles. The van der Waals surface area contributed by atoms with Crippen molar-refractivity contribution in [2.45, 2.75) is 6.92 Å². The van der Waals surface area contributed by atoms with E-state index in [4.69, 9.17) is 0 Å². The standard InChI is InChI=1S/C14H10N4O/c1-10-7-13(19)17-9-16-18(14(17)12(10)8-15)11-5-3-2-4-6-11/h2-7,9H,1H3. The van der Waals surface area contributed by atoms with Crippen molar-refractivity contribution in [3.8, 4) is 11.8 Å². The van der Waals surface area contributed by atoms with Gasteiger partial charge in [0.15, 0.2) is 5.65 Å². The summed E-state index contributed by atoms with van der Waals surface area (Å²) in [5, 5.41) is 13.5. The van der Waals surface area contributed by atoms with Crippen molar-refractivity contribution >= 4 is 5.65 Å². The summed E-state index contributed by atoms with van der Waals surface area (Å²) in [6, 6.07) is 13.0. The van der Waals surface area contributed by atoms with Crippen molar-refractivity contribution in [2.75, 3.05) is 0 Å². The van der Waals surface area contributed by atoms with Crippen LogP contribution in [0.3, 0.4) is 0 Å². The van der Waals surface area contributed by atoms with Crippen LogP contribution < -0.4 is 5.56 Å². The third-order valence-electron chi connectivity index (χ3n) is 3.02. The van der Waals surface area contributed by atoms with Gasteiger partial charge < -0.3 is 0 Å². The third-order valence-corrected chi connectivity index (χ3v) is 3.02. The molecular formula is C14H10N4O. The average Bonchev–Trinajstić information content (AvgIpc) is 2.85. The van der Waals surface area contributed by atoms with Crippen molar-refractivity contribution in [1.82, 2.24) is 14.2 Å². The minimum absolute atomic E-state index is 0.186. The van der Waals surface area contributed by atoms with Crippen LogP contribution in [0, 0.1) is 18.3 Å². The number of rotatable bonds is 1. The number of para-hydroxylation sites is 1. The fraction of sp³-hybridized carbons (Fsp3) is 0.0714. The van der Waals surface area contributed by atoms with Gasteiger partial charge in [-0.05, 0) is 24.6 Å². The Kier molecular flexibility index (Phi) is 2.43.